The Morgan fingerprint density at radius 3 is 2.60 bits per heavy atom. The Morgan fingerprint density at radius 2 is 2.07 bits per heavy atom. The van der Waals surface area contributed by atoms with E-state index in [1.54, 1.807) is 6.21 Å². The minimum atomic E-state index is -1.19. The van der Waals surface area contributed by atoms with E-state index in [4.69, 9.17) is 0 Å². The van der Waals surface area contributed by atoms with E-state index in [-0.39, 0.29) is 4.75 Å². The lowest BCUT2D eigenvalue weighted by Crippen LogP contribution is -2.19. The Morgan fingerprint density at radius 1 is 1.40 bits per heavy atom. The Kier molecular flexibility index (Phi) is 4.22. The molecule has 0 spiro atoms. The topological polar surface area (TPSA) is 29.4 Å². The zero-order valence-corrected chi connectivity index (χ0v) is 11.4. The zero-order valence-electron chi connectivity index (χ0n) is 9.03. The fourth-order valence-corrected chi connectivity index (χ4v) is 1.80. The average Bonchev–Trinajstić information content (AvgIpc) is 2.12. The van der Waals surface area contributed by atoms with Gasteiger partial charge in [-0.2, -0.15) is 4.40 Å². The summed E-state index contributed by atoms with van der Waals surface area (Å²) in [7, 11) is -1.19. The first kappa shape index (κ1) is 12.6. The van der Waals surface area contributed by atoms with Crippen molar-refractivity contribution in [2.24, 2.45) is 4.40 Å². The lowest BCUT2D eigenvalue weighted by molar-refractivity contribution is 0.651. The van der Waals surface area contributed by atoms with Gasteiger partial charge >= 0.3 is 0 Å². The van der Waals surface area contributed by atoms with E-state index in [1.807, 2.05) is 45.0 Å². The molecule has 1 aromatic carbocycles. The highest BCUT2D eigenvalue weighted by atomic mass is 79.9. The van der Waals surface area contributed by atoms with Gasteiger partial charge in [-0.1, -0.05) is 28.1 Å². The van der Waals surface area contributed by atoms with Crippen molar-refractivity contribution in [2.75, 3.05) is 0 Å². The molecule has 0 N–H and O–H groups in total. The molecule has 0 fully saturated rings. The Hall–Kier alpha value is -0.480. The van der Waals surface area contributed by atoms with Crippen LogP contribution in [0.1, 0.15) is 26.3 Å². The number of hydrogen-bond donors (Lipinski definition) is 0. The van der Waals surface area contributed by atoms with Crippen molar-refractivity contribution in [1.82, 2.24) is 0 Å². The SMILES string of the molecule is CC(C)(C)S(=O)/N=C/c1cccc(Br)c1. The van der Waals surface area contributed by atoms with Crippen molar-refractivity contribution < 1.29 is 4.21 Å². The van der Waals surface area contributed by atoms with Gasteiger partial charge in [-0.05, 0) is 38.5 Å². The lowest BCUT2D eigenvalue weighted by Gasteiger charge is -2.12. The second-order valence-corrected chi connectivity index (χ2v) is 7.00. The first-order valence-electron chi connectivity index (χ1n) is 4.61. The van der Waals surface area contributed by atoms with E-state index in [0.29, 0.717) is 0 Å². The molecule has 1 unspecified atom stereocenters. The minimum Gasteiger partial charge on any atom is -0.234 e. The molecular weight excluding hydrogens is 274 g/mol. The van der Waals surface area contributed by atoms with Gasteiger partial charge in [0.1, 0.15) is 11.0 Å². The molecule has 0 aliphatic heterocycles. The molecule has 0 saturated carbocycles. The highest BCUT2D eigenvalue weighted by molar-refractivity contribution is 9.10. The van der Waals surface area contributed by atoms with Crippen molar-refractivity contribution in [3.63, 3.8) is 0 Å². The first-order valence-corrected chi connectivity index (χ1v) is 6.51. The van der Waals surface area contributed by atoms with Crippen LogP contribution >= 0.6 is 15.9 Å². The molecule has 0 amide bonds. The third kappa shape index (κ3) is 4.26. The smallest absolute Gasteiger partial charge is 0.144 e. The maximum Gasteiger partial charge on any atom is 0.144 e. The summed E-state index contributed by atoms with van der Waals surface area (Å²) in [5.74, 6) is 0. The fraction of sp³-hybridized carbons (Fsp3) is 0.364. The monoisotopic (exact) mass is 287 g/mol. The third-order valence-corrected chi connectivity index (χ3v) is 3.51. The average molecular weight is 288 g/mol. The van der Waals surface area contributed by atoms with Crippen molar-refractivity contribution >= 4 is 33.1 Å². The molecule has 2 nitrogen and oxygen atoms in total. The summed E-state index contributed by atoms with van der Waals surface area (Å²) in [5, 5.41) is 0. The molecule has 0 aliphatic carbocycles. The largest absolute Gasteiger partial charge is 0.234 e. The predicted molar refractivity (Wildman–Crippen MR) is 69.6 cm³/mol. The van der Waals surface area contributed by atoms with Crippen LogP contribution in [-0.2, 0) is 11.0 Å². The van der Waals surface area contributed by atoms with Crippen LogP contribution in [0.3, 0.4) is 0 Å². The van der Waals surface area contributed by atoms with Crippen LogP contribution in [0.15, 0.2) is 33.1 Å². The molecule has 0 radical (unpaired) electrons. The highest BCUT2D eigenvalue weighted by Crippen LogP contribution is 2.13. The number of benzene rings is 1. The normalized spacial score (nSPS) is 14.4. The molecule has 0 aromatic heterocycles. The molecule has 0 saturated heterocycles. The zero-order chi connectivity index (χ0) is 11.5. The van der Waals surface area contributed by atoms with Crippen LogP contribution in [0, 0.1) is 0 Å². The van der Waals surface area contributed by atoms with Gasteiger partial charge in [-0.25, -0.2) is 4.21 Å². The van der Waals surface area contributed by atoms with Crippen LogP contribution < -0.4 is 0 Å². The van der Waals surface area contributed by atoms with Crippen molar-refractivity contribution in [3.05, 3.63) is 34.3 Å². The summed E-state index contributed by atoms with van der Waals surface area (Å²) in [4.78, 5) is 0. The van der Waals surface area contributed by atoms with Crippen molar-refractivity contribution in [2.45, 2.75) is 25.5 Å². The number of rotatable bonds is 2. The van der Waals surface area contributed by atoms with Crippen LogP contribution in [0.2, 0.25) is 0 Å². The van der Waals surface area contributed by atoms with Gasteiger partial charge in [-0.15, -0.1) is 0 Å². The highest BCUT2D eigenvalue weighted by Gasteiger charge is 2.17. The summed E-state index contributed by atoms with van der Waals surface area (Å²) in [5.41, 5.74) is 0.946. The summed E-state index contributed by atoms with van der Waals surface area (Å²) >= 11 is 3.37. The van der Waals surface area contributed by atoms with E-state index >= 15 is 0 Å². The van der Waals surface area contributed by atoms with Crippen LogP contribution in [0.5, 0.6) is 0 Å². The standard InChI is InChI=1S/C11H14BrNOS/c1-11(2,3)15(14)13-8-9-5-4-6-10(12)7-9/h4-8H,1-3H3/b13-8+. The molecule has 0 bridgehead atoms. The van der Waals surface area contributed by atoms with E-state index in [2.05, 4.69) is 20.3 Å². The fourth-order valence-electron chi connectivity index (χ4n) is 0.854. The van der Waals surface area contributed by atoms with Gasteiger partial charge in [0.25, 0.3) is 0 Å². The van der Waals surface area contributed by atoms with Gasteiger partial charge < -0.3 is 0 Å². The maximum absolute atomic E-state index is 11.6. The molecular formula is C11H14BrNOS. The van der Waals surface area contributed by atoms with Crippen molar-refractivity contribution in [3.8, 4) is 0 Å². The quantitative estimate of drug-likeness (QED) is 0.767. The van der Waals surface area contributed by atoms with Crippen LogP contribution in [0.25, 0.3) is 0 Å². The van der Waals surface area contributed by atoms with E-state index in [9.17, 15) is 4.21 Å². The second kappa shape index (κ2) is 5.03. The molecule has 4 heteroatoms. The van der Waals surface area contributed by atoms with Crippen molar-refractivity contribution in [1.29, 1.82) is 0 Å². The Bertz CT molecular complexity index is 396. The molecule has 1 rings (SSSR count). The van der Waals surface area contributed by atoms with Crippen LogP contribution in [-0.4, -0.2) is 15.2 Å². The lowest BCUT2D eigenvalue weighted by atomic mass is 10.2. The maximum atomic E-state index is 11.6. The van der Waals surface area contributed by atoms with Gasteiger partial charge in [-0.3, -0.25) is 0 Å². The first-order chi connectivity index (χ1) is 6.89. The van der Waals surface area contributed by atoms with Gasteiger partial charge in [0.05, 0.1) is 4.75 Å². The van der Waals surface area contributed by atoms with E-state index in [0.717, 1.165) is 10.0 Å². The number of nitrogens with zero attached hydrogens (tertiary/aromatic N) is 1. The summed E-state index contributed by atoms with van der Waals surface area (Å²) < 4.78 is 16.3. The summed E-state index contributed by atoms with van der Waals surface area (Å²) in [6.45, 7) is 5.71. The van der Waals surface area contributed by atoms with E-state index in [1.165, 1.54) is 0 Å². The molecule has 1 atom stereocenters. The summed E-state index contributed by atoms with van der Waals surface area (Å²) in [6.07, 6.45) is 1.64. The molecule has 0 heterocycles. The van der Waals surface area contributed by atoms with Gasteiger partial charge in [0.2, 0.25) is 0 Å². The molecule has 0 aliphatic rings. The second-order valence-electron chi connectivity index (χ2n) is 4.15. The summed E-state index contributed by atoms with van der Waals surface area (Å²) in [6, 6.07) is 7.72. The Balaban J connectivity index is 2.79. The molecule has 1 aromatic rings. The molecule has 82 valence electrons. The third-order valence-electron chi connectivity index (χ3n) is 1.67. The van der Waals surface area contributed by atoms with Gasteiger partial charge in [0, 0.05) is 10.7 Å². The molecule has 15 heavy (non-hydrogen) atoms. The van der Waals surface area contributed by atoms with Gasteiger partial charge in [0.15, 0.2) is 0 Å². The number of halogens is 1. The van der Waals surface area contributed by atoms with Crippen LogP contribution in [0.4, 0.5) is 0 Å². The minimum absolute atomic E-state index is 0.303. The predicted octanol–water partition coefficient (Wildman–Crippen LogP) is 3.33. The Labute approximate surface area is 102 Å². The number of hydrogen-bond acceptors (Lipinski definition) is 1. The van der Waals surface area contributed by atoms with E-state index < -0.39 is 11.0 Å².